The van der Waals surface area contributed by atoms with E-state index in [1.165, 1.54) is 24.3 Å². The summed E-state index contributed by atoms with van der Waals surface area (Å²) in [6.07, 6.45) is 4.24. The molecule has 42 heavy (non-hydrogen) atoms. The molecule has 0 unspecified atom stereocenters. The Balaban J connectivity index is 1.18. The number of carbonyl (C=O) groups is 2. The predicted octanol–water partition coefficient (Wildman–Crippen LogP) is 5.62. The average Bonchev–Trinajstić information content (AvgIpc) is 3.76. The lowest BCUT2D eigenvalue weighted by Crippen LogP contribution is -2.48. The highest BCUT2D eigenvalue weighted by atomic mass is 35.5. The molecule has 0 spiro atoms. The molecule has 3 heterocycles. The molecule has 2 aliphatic heterocycles. The number of piperidine rings is 1. The van der Waals surface area contributed by atoms with E-state index in [9.17, 15) is 14.0 Å². The smallest absolute Gasteiger partial charge is 0.410 e. The highest BCUT2D eigenvalue weighted by Crippen LogP contribution is 2.39. The zero-order chi connectivity index (χ0) is 29.2. The van der Waals surface area contributed by atoms with Gasteiger partial charge < -0.3 is 14.5 Å². The fourth-order valence-electron chi connectivity index (χ4n) is 6.10. The van der Waals surface area contributed by atoms with Crippen LogP contribution in [0.15, 0.2) is 66.9 Å². The number of halogens is 2. The topological polar surface area (TPSA) is 89.8 Å². The Morgan fingerprint density at radius 3 is 2.31 bits per heavy atom. The number of amides is 2. The number of rotatable bonds is 6. The monoisotopic (exact) mass is 587 g/mol. The van der Waals surface area contributed by atoms with Gasteiger partial charge in [0, 0.05) is 55.3 Å². The second-order valence-corrected chi connectivity index (χ2v) is 11.6. The van der Waals surface area contributed by atoms with E-state index in [-0.39, 0.29) is 35.6 Å². The molecule has 2 saturated heterocycles. The summed E-state index contributed by atoms with van der Waals surface area (Å²) in [5.74, 6) is 0.570. The molecular weight excluding hydrogens is 557 g/mol. The number of ether oxygens (including phenoxy) is 1. The molecule has 2 amide bonds. The number of hydrogen-bond donors (Lipinski definition) is 0. The Hall–Kier alpha value is -4.16. The molecule has 0 N–H and O–H groups in total. The van der Waals surface area contributed by atoms with E-state index < -0.39 is 11.9 Å². The highest BCUT2D eigenvalue weighted by Gasteiger charge is 2.48. The van der Waals surface area contributed by atoms with Gasteiger partial charge in [0.25, 0.3) is 0 Å². The number of carbonyl (C=O) groups excluding carboxylic acids is 2. The van der Waals surface area contributed by atoms with Gasteiger partial charge in [-0.15, -0.1) is 0 Å². The molecule has 3 aliphatic rings. The summed E-state index contributed by atoms with van der Waals surface area (Å²) in [6, 6.07) is 18.5. The van der Waals surface area contributed by atoms with Gasteiger partial charge in [0.1, 0.15) is 23.5 Å². The molecule has 3 fully saturated rings. The maximum atomic E-state index is 13.9. The van der Waals surface area contributed by atoms with Crippen LogP contribution in [-0.2, 0) is 4.79 Å². The molecule has 8 nitrogen and oxygen atoms in total. The molecular formula is C32H31ClFN5O3. The Labute approximate surface area is 249 Å². The van der Waals surface area contributed by atoms with Crippen molar-refractivity contribution in [3.05, 3.63) is 88.8 Å². The van der Waals surface area contributed by atoms with E-state index in [0.29, 0.717) is 49.6 Å². The van der Waals surface area contributed by atoms with Crippen molar-refractivity contribution < 1.29 is 18.7 Å². The third-order valence-corrected chi connectivity index (χ3v) is 8.72. The van der Waals surface area contributed by atoms with Crippen molar-refractivity contribution in [2.45, 2.75) is 43.7 Å². The van der Waals surface area contributed by atoms with Crippen LogP contribution in [0.25, 0.3) is 0 Å². The Morgan fingerprint density at radius 2 is 1.69 bits per heavy atom. The van der Waals surface area contributed by atoms with Gasteiger partial charge in [0.15, 0.2) is 0 Å². The summed E-state index contributed by atoms with van der Waals surface area (Å²) < 4.78 is 19.1. The molecule has 1 aliphatic carbocycles. The lowest BCUT2D eigenvalue weighted by Gasteiger charge is -2.34. The van der Waals surface area contributed by atoms with Crippen LogP contribution in [0.3, 0.4) is 0 Å². The zero-order valence-electron chi connectivity index (χ0n) is 23.0. The number of anilines is 1. The van der Waals surface area contributed by atoms with Crippen molar-refractivity contribution in [1.82, 2.24) is 14.8 Å². The summed E-state index contributed by atoms with van der Waals surface area (Å²) in [7, 11) is 0. The van der Waals surface area contributed by atoms with Crippen molar-refractivity contribution in [3.8, 4) is 11.8 Å². The number of benzene rings is 2. The summed E-state index contributed by atoms with van der Waals surface area (Å²) in [6.45, 7) is 2.31. The number of hydrogen-bond acceptors (Lipinski definition) is 6. The van der Waals surface area contributed by atoms with Gasteiger partial charge in [-0.2, -0.15) is 5.26 Å². The largest absolute Gasteiger partial charge is 0.415 e. The molecule has 0 radical (unpaired) electrons. The molecule has 3 aromatic rings. The summed E-state index contributed by atoms with van der Waals surface area (Å²) in [5.41, 5.74) is 1.53. The molecule has 10 heteroatoms. The maximum Gasteiger partial charge on any atom is 0.415 e. The number of likely N-dealkylation sites (tertiary alicyclic amines) is 1. The van der Waals surface area contributed by atoms with Crippen molar-refractivity contribution in [1.29, 1.82) is 5.26 Å². The molecule has 2 atom stereocenters. The van der Waals surface area contributed by atoms with Crippen LogP contribution in [-0.4, -0.2) is 65.0 Å². The highest BCUT2D eigenvalue weighted by molar-refractivity contribution is 6.30. The zero-order valence-corrected chi connectivity index (χ0v) is 23.8. The summed E-state index contributed by atoms with van der Waals surface area (Å²) >= 11 is 6.18. The van der Waals surface area contributed by atoms with Crippen molar-refractivity contribution in [2.24, 2.45) is 5.92 Å². The van der Waals surface area contributed by atoms with E-state index in [2.05, 4.69) is 16.0 Å². The number of pyridine rings is 1. The van der Waals surface area contributed by atoms with Crippen LogP contribution in [0, 0.1) is 23.1 Å². The quantitative estimate of drug-likeness (QED) is 0.372. The third-order valence-electron chi connectivity index (χ3n) is 8.47. The van der Waals surface area contributed by atoms with Gasteiger partial charge in [-0.25, -0.2) is 14.2 Å². The first-order valence-corrected chi connectivity index (χ1v) is 14.7. The Bertz CT molecular complexity index is 1470. The summed E-state index contributed by atoms with van der Waals surface area (Å²) in [4.78, 5) is 37.7. The summed E-state index contributed by atoms with van der Waals surface area (Å²) in [5, 5.41) is 9.67. The predicted molar refractivity (Wildman–Crippen MR) is 156 cm³/mol. The van der Waals surface area contributed by atoms with Crippen LogP contribution in [0.2, 0.25) is 5.02 Å². The van der Waals surface area contributed by atoms with E-state index in [1.807, 2.05) is 35.2 Å². The van der Waals surface area contributed by atoms with Gasteiger partial charge >= 0.3 is 6.09 Å². The van der Waals surface area contributed by atoms with Gasteiger partial charge in [-0.05, 0) is 79.8 Å². The van der Waals surface area contributed by atoms with E-state index in [0.717, 1.165) is 24.2 Å². The minimum Gasteiger partial charge on any atom is -0.410 e. The lowest BCUT2D eigenvalue weighted by atomic mass is 9.93. The van der Waals surface area contributed by atoms with Gasteiger partial charge in [-0.3, -0.25) is 9.69 Å². The Morgan fingerprint density at radius 1 is 0.976 bits per heavy atom. The van der Waals surface area contributed by atoms with Crippen LogP contribution in [0.4, 0.5) is 15.0 Å². The standard InChI is InChI=1S/C32H31ClFN5O3/c33-24-4-2-22(3-5-24)28-19-38(31(40)23-13-15-37(16-14-23)30-12-1-21(17-35)18-36-30)20-29(28)39(26-8-9-26)32(41)42-27-10-6-25(34)7-11-27/h1-7,10-12,18,23,26,28-29H,8-9,13-16,19-20H2/t28-,29+/m0/s1. The third kappa shape index (κ3) is 6.04. The van der Waals surface area contributed by atoms with E-state index in [4.69, 9.17) is 21.6 Å². The van der Waals surface area contributed by atoms with E-state index >= 15 is 0 Å². The van der Waals surface area contributed by atoms with Crippen LogP contribution < -0.4 is 9.64 Å². The fraction of sp³-hybridized carbons (Fsp3) is 0.375. The van der Waals surface area contributed by atoms with Crippen molar-refractivity contribution in [2.75, 3.05) is 31.1 Å². The van der Waals surface area contributed by atoms with Crippen LogP contribution in [0.5, 0.6) is 5.75 Å². The van der Waals surface area contributed by atoms with Crippen LogP contribution in [0.1, 0.15) is 42.7 Å². The van der Waals surface area contributed by atoms with Gasteiger partial charge in [0.05, 0.1) is 11.6 Å². The first kappa shape index (κ1) is 28.0. The second-order valence-electron chi connectivity index (χ2n) is 11.2. The minimum absolute atomic E-state index is 0.0379. The number of nitrogens with zero attached hydrogens (tertiary/aromatic N) is 5. The van der Waals surface area contributed by atoms with Crippen molar-refractivity contribution in [3.63, 3.8) is 0 Å². The van der Waals surface area contributed by atoms with Crippen molar-refractivity contribution >= 4 is 29.4 Å². The lowest BCUT2D eigenvalue weighted by molar-refractivity contribution is -0.135. The maximum absolute atomic E-state index is 13.9. The second kappa shape index (κ2) is 12.0. The normalized spacial score (nSPS) is 20.7. The van der Waals surface area contributed by atoms with Gasteiger partial charge in [-0.1, -0.05) is 23.7 Å². The minimum atomic E-state index is -0.481. The molecule has 1 aromatic heterocycles. The molecule has 216 valence electrons. The first-order chi connectivity index (χ1) is 20.4. The van der Waals surface area contributed by atoms with E-state index in [1.54, 1.807) is 17.2 Å². The number of nitriles is 1. The van der Waals surface area contributed by atoms with Gasteiger partial charge in [0.2, 0.25) is 5.91 Å². The fourth-order valence-corrected chi connectivity index (χ4v) is 6.23. The molecule has 1 saturated carbocycles. The molecule has 2 aromatic carbocycles. The van der Waals surface area contributed by atoms with Crippen LogP contribution >= 0.6 is 11.6 Å². The SMILES string of the molecule is N#Cc1ccc(N2CCC(C(=O)N3C[C@@H](N(C(=O)Oc4ccc(F)cc4)C4CC4)[C@H](c4ccc(Cl)cc4)C3)CC2)nc1. The average molecular weight is 588 g/mol. The number of aromatic nitrogens is 1. The Kier molecular flexibility index (Phi) is 7.98. The molecule has 6 rings (SSSR count). The first-order valence-electron chi connectivity index (χ1n) is 14.3. The molecule has 0 bridgehead atoms.